The van der Waals surface area contributed by atoms with Crippen LogP contribution in [0.5, 0.6) is 0 Å². The molecule has 0 spiro atoms. The number of aliphatic carboxylic acids is 1. The van der Waals surface area contributed by atoms with Gasteiger partial charge in [0.2, 0.25) is 0 Å². The highest BCUT2D eigenvalue weighted by molar-refractivity contribution is 5.69. The number of carboxylic acid groups (broad SMARTS) is 1. The van der Waals surface area contributed by atoms with Gasteiger partial charge in [-0.25, -0.2) is 0 Å². The molecule has 0 aromatic carbocycles. The van der Waals surface area contributed by atoms with Gasteiger partial charge >= 0.3 is 5.97 Å². The summed E-state index contributed by atoms with van der Waals surface area (Å²) >= 11 is 0. The molecule has 0 atom stereocenters. The molecule has 0 heterocycles. The lowest BCUT2D eigenvalue weighted by Crippen LogP contribution is -2.21. The SMILES string of the molecule is C=CCC[C@H]1CC[C@H](C(=O)O)CC1. The quantitative estimate of drug-likeness (QED) is 0.679. The molecular weight excluding hydrogens is 164 g/mol. The summed E-state index contributed by atoms with van der Waals surface area (Å²) in [7, 11) is 0. The molecule has 1 aliphatic rings. The Morgan fingerprint density at radius 1 is 1.38 bits per heavy atom. The van der Waals surface area contributed by atoms with Gasteiger partial charge in [0, 0.05) is 0 Å². The standard InChI is InChI=1S/C11H18O2/c1-2-3-4-9-5-7-10(8-6-9)11(12)13/h2,9-10H,1,3-8H2,(H,12,13)/t9-,10-. The fraction of sp³-hybridized carbons (Fsp3) is 0.727. The van der Waals surface area contributed by atoms with E-state index < -0.39 is 5.97 Å². The van der Waals surface area contributed by atoms with Crippen molar-refractivity contribution in [1.82, 2.24) is 0 Å². The van der Waals surface area contributed by atoms with Crippen LogP contribution in [0.4, 0.5) is 0 Å². The molecule has 2 nitrogen and oxygen atoms in total. The van der Waals surface area contributed by atoms with E-state index in [1.807, 2.05) is 6.08 Å². The molecule has 0 aromatic heterocycles. The topological polar surface area (TPSA) is 37.3 Å². The highest BCUT2D eigenvalue weighted by Gasteiger charge is 2.25. The predicted molar refractivity (Wildman–Crippen MR) is 52.5 cm³/mol. The molecule has 0 bridgehead atoms. The Bertz CT molecular complexity index is 179. The third-order valence-corrected chi connectivity index (χ3v) is 2.98. The van der Waals surface area contributed by atoms with Gasteiger partial charge in [-0.1, -0.05) is 6.08 Å². The molecule has 74 valence electrons. The molecule has 1 aliphatic carbocycles. The number of hydrogen-bond donors (Lipinski definition) is 1. The van der Waals surface area contributed by atoms with Crippen LogP contribution in [0.15, 0.2) is 12.7 Å². The normalized spacial score (nSPS) is 28.3. The maximum Gasteiger partial charge on any atom is 0.306 e. The molecule has 0 saturated heterocycles. The van der Waals surface area contributed by atoms with E-state index in [-0.39, 0.29) is 5.92 Å². The molecule has 1 fully saturated rings. The van der Waals surface area contributed by atoms with Gasteiger partial charge in [-0.3, -0.25) is 4.79 Å². The summed E-state index contributed by atoms with van der Waals surface area (Å²) in [5.74, 6) is 0.0655. The molecule has 0 amide bonds. The minimum atomic E-state index is -0.609. The van der Waals surface area contributed by atoms with Gasteiger partial charge in [0.25, 0.3) is 0 Å². The molecule has 13 heavy (non-hydrogen) atoms. The second-order valence-electron chi connectivity index (χ2n) is 3.92. The Morgan fingerprint density at radius 3 is 2.46 bits per heavy atom. The lowest BCUT2D eigenvalue weighted by atomic mass is 9.80. The van der Waals surface area contributed by atoms with Crippen molar-refractivity contribution in [3.8, 4) is 0 Å². The molecule has 0 radical (unpaired) electrons. The Balaban J connectivity index is 2.22. The van der Waals surface area contributed by atoms with E-state index in [1.54, 1.807) is 0 Å². The van der Waals surface area contributed by atoms with Crippen molar-refractivity contribution in [3.63, 3.8) is 0 Å². The van der Waals surface area contributed by atoms with Crippen LogP contribution in [-0.4, -0.2) is 11.1 Å². The molecule has 0 aromatic rings. The van der Waals surface area contributed by atoms with E-state index in [2.05, 4.69) is 6.58 Å². The average Bonchev–Trinajstić information content (AvgIpc) is 2.15. The lowest BCUT2D eigenvalue weighted by molar-refractivity contribution is -0.143. The van der Waals surface area contributed by atoms with Gasteiger partial charge in [0.1, 0.15) is 0 Å². The van der Waals surface area contributed by atoms with Crippen LogP contribution in [0.2, 0.25) is 0 Å². The summed E-state index contributed by atoms with van der Waals surface area (Å²) in [6.07, 6.45) is 8.13. The molecule has 1 N–H and O–H groups in total. The number of allylic oxidation sites excluding steroid dienone is 1. The minimum Gasteiger partial charge on any atom is -0.481 e. The van der Waals surface area contributed by atoms with Crippen LogP contribution in [0.3, 0.4) is 0 Å². The van der Waals surface area contributed by atoms with Crippen molar-refractivity contribution in [3.05, 3.63) is 12.7 Å². The predicted octanol–water partition coefficient (Wildman–Crippen LogP) is 2.84. The van der Waals surface area contributed by atoms with Crippen LogP contribution in [0.1, 0.15) is 38.5 Å². The van der Waals surface area contributed by atoms with Crippen molar-refractivity contribution in [2.24, 2.45) is 11.8 Å². The van der Waals surface area contributed by atoms with Gasteiger partial charge in [0.15, 0.2) is 0 Å². The van der Waals surface area contributed by atoms with Crippen molar-refractivity contribution in [2.75, 3.05) is 0 Å². The largest absolute Gasteiger partial charge is 0.481 e. The summed E-state index contributed by atoms with van der Waals surface area (Å²) in [4.78, 5) is 10.7. The van der Waals surface area contributed by atoms with E-state index in [0.29, 0.717) is 0 Å². The van der Waals surface area contributed by atoms with Gasteiger partial charge in [-0.15, -0.1) is 6.58 Å². The lowest BCUT2D eigenvalue weighted by Gasteiger charge is -2.25. The van der Waals surface area contributed by atoms with Crippen LogP contribution >= 0.6 is 0 Å². The summed E-state index contributed by atoms with van der Waals surface area (Å²) in [5.41, 5.74) is 0. The van der Waals surface area contributed by atoms with Crippen molar-refractivity contribution >= 4 is 5.97 Å². The average molecular weight is 182 g/mol. The van der Waals surface area contributed by atoms with E-state index in [4.69, 9.17) is 5.11 Å². The van der Waals surface area contributed by atoms with E-state index in [9.17, 15) is 4.79 Å². The Morgan fingerprint density at radius 2 is 2.00 bits per heavy atom. The first-order valence-electron chi connectivity index (χ1n) is 5.07. The van der Waals surface area contributed by atoms with Gasteiger partial charge in [-0.2, -0.15) is 0 Å². The van der Waals surface area contributed by atoms with E-state index in [0.717, 1.165) is 38.0 Å². The highest BCUT2D eigenvalue weighted by atomic mass is 16.4. The number of hydrogen-bond acceptors (Lipinski definition) is 1. The number of rotatable bonds is 4. The fourth-order valence-corrected chi connectivity index (χ4v) is 2.05. The Labute approximate surface area is 79.6 Å². The smallest absolute Gasteiger partial charge is 0.306 e. The second kappa shape index (κ2) is 5.05. The second-order valence-corrected chi connectivity index (χ2v) is 3.92. The first-order valence-corrected chi connectivity index (χ1v) is 5.07. The Hall–Kier alpha value is -0.790. The van der Waals surface area contributed by atoms with Gasteiger partial charge in [-0.05, 0) is 44.4 Å². The van der Waals surface area contributed by atoms with Crippen LogP contribution < -0.4 is 0 Å². The molecule has 1 rings (SSSR count). The maximum atomic E-state index is 10.7. The molecule has 1 saturated carbocycles. The first kappa shape index (κ1) is 10.3. The first-order chi connectivity index (χ1) is 6.24. The zero-order chi connectivity index (χ0) is 9.68. The third-order valence-electron chi connectivity index (χ3n) is 2.98. The zero-order valence-electron chi connectivity index (χ0n) is 8.04. The van der Waals surface area contributed by atoms with E-state index in [1.165, 1.54) is 6.42 Å². The van der Waals surface area contributed by atoms with Crippen LogP contribution in [0.25, 0.3) is 0 Å². The monoisotopic (exact) mass is 182 g/mol. The third kappa shape index (κ3) is 3.21. The zero-order valence-corrected chi connectivity index (χ0v) is 8.04. The maximum absolute atomic E-state index is 10.7. The Kier molecular flexibility index (Phi) is 4.00. The number of carbonyl (C=O) groups is 1. The molecular formula is C11H18O2. The van der Waals surface area contributed by atoms with Gasteiger partial charge < -0.3 is 5.11 Å². The van der Waals surface area contributed by atoms with Crippen molar-refractivity contribution < 1.29 is 9.90 Å². The van der Waals surface area contributed by atoms with E-state index >= 15 is 0 Å². The summed E-state index contributed by atoms with van der Waals surface area (Å²) in [6, 6.07) is 0. The number of carboxylic acids is 1. The molecule has 0 unspecified atom stereocenters. The van der Waals surface area contributed by atoms with Crippen LogP contribution in [-0.2, 0) is 4.79 Å². The molecule has 2 heteroatoms. The fourth-order valence-electron chi connectivity index (χ4n) is 2.05. The van der Waals surface area contributed by atoms with Gasteiger partial charge in [0.05, 0.1) is 5.92 Å². The summed E-state index contributed by atoms with van der Waals surface area (Å²) < 4.78 is 0. The highest BCUT2D eigenvalue weighted by Crippen LogP contribution is 2.31. The van der Waals surface area contributed by atoms with Crippen molar-refractivity contribution in [2.45, 2.75) is 38.5 Å². The van der Waals surface area contributed by atoms with Crippen molar-refractivity contribution in [1.29, 1.82) is 0 Å². The summed E-state index contributed by atoms with van der Waals surface area (Å²) in [6.45, 7) is 3.69. The molecule has 0 aliphatic heterocycles. The summed E-state index contributed by atoms with van der Waals surface area (Å²) in [5, 5.41) is 8.78. The van der Waals surface area contributed by atoms with Crippen LogP contribution in [0, 0.1) is 11.8 Å². The minimum absolute atomic E-state index is 0.0695.